The molecule has 3 aliphatic rings. The summed E-state index contributed by atoms with van der Waals surface area (Å²) >= 11 is 3.32. The van der Waals surface area contributed by atoms with Crippen molar-refractivity contribution in [3.05, 3.63) is 11.3 Å². The summed E-state index contributed by atoms with van der Waals surface area (Å²) in [6.07, 6.45) is -3.82. The highest BCUT2D eigenvalue weighted by molar-refractivity contribution is 8.21. The fraction of sp³-hybridized carbons (Fsp3) is 0.700. The molecule has 0 aromatic heterocycles. The Balaban J connectivity index is 2.00. The second-order valence-corrected chi connectivity index (χ2v) is 7.45. The predicted molar refractivity (Wildman–Crippen MR) is 64.2 cm³/mol. The van der Waals surface area contributed by atoms with Crippen LogP contribution in [0.4, 0.5) is 13.2 Å². The van der Waals surface area contributed by atoms with Gasteiger partial charge in [0.25, 0.3) is 0 Å². The van der Waals surface area contributed by atoms with Crippen LogP contribution in [-0.2, 0) is 0 Å². The van der Waals surface area contributed by atoms with E-state index in [1.54, 1.807) is 23.5 Å². The molecular weight excluding hydrogens is 269 g/mol. The molecule has 17 heavy (non-hydrogen) atoms. The molecule has 1 heterocycles. The smallest absolute Gasteiger partial charge is 0.400 e. The van der Waals surface area contributed by atoms with Crippen molar-refractivity contribution >= 4 is 29.2 Å². The van der Waals surface area contributed by atoms with Crippen molar-refractivity contribution in [3.8, 4) is 0 Å². The van der Waals surface area contributed by atoms with E-state index >= 15 is 0 Å². The Morgan fingerprint density at radius 3 is 2.47 bits per heavy atom. The monoisotopic (exact) mass is 280 g/mol. The Hall–Kier alpha value is -0.300. The largest absolute Gasteiger partial charge is 0.433 e. The van der Waals surface area contributed by atoms with Crippen molar-refractivity contribution in [2.45, 2.75) is 16.7 Å². The lowest BCUT2D eigenvalue weighted by Crippen LogP contribution is -2.30. The van der Waals surface area contributed by atoms with Crippen LogP contribution in [0.15, 0.2) is 11.3 Å². The molecule has 1 aliphatic heterocycles. The van der Waals surface area contributed by atoms with Crippen LogP contribution in [0.5, 0.6) is 0 Å². The SMILES string of the molecule is N=C(C1=C(N)C2(SCCS2)C2C[C@H]12)C(F)(F)F. The van der Waals surface area contributed by atoms with E-state index in [9.17, 15) is 13.2 Å². The van der Waals surface area contributed by atoms with E-state index in [1.807, 2.05) is 0 Å². The van der Waals surface area contributed by atoms with Crippen molar-refractivity contribution in [2.75, 3.05) is 11.5 Å². The highest BCUT2D eigenvalue weighted by Crippen LogP contribution is 2.70. The molecule has 0 bridgehead atoms. The van der Waals surface area contributed by atoms with E-state index in [2.05, 4.69) is 0 Å². The third kappa shape index (κ3) is 1.47. The third-order valence-corrected chi connectivity index (χ3v) is 7.27. The average Bonchev–Trinajstić information content (AvgIpc) is 2.81. The molecule has 3 N–H and O–H groups in total. The van der Waals surface area contributed by atoms with E-state index < -0.39 is 11.9 Å². The molecule has 2 atom stereocenters. The Labute approximate surface area is 105 Å². The standard InChI is InChI=1S/C10H11F3N2S2/c11-10(12,13)8(15)6-4-3-5(4)9(7(6)14)16-1-2-17-9/h4-5,15H,1-3,14H2/t4-,5?/m0/s1. The lowest BCUT2D eigenvalue weighted by Gasteiger charge is -2.25. The van der Waals surface area contributed by atoms with Crippen LogP contribution in [0, 0.1) is 17.2 Å². The molecule has 1 saturated heterocycles. The molecule has 0 radical (unpaired) electrons. The maximum Gasteiger partial charge on any atom is 0.433 e. The van der Waals surface area contributed by atoms with Gasteiger partial charge in [0, 0.05) is 22.8 Å². The Morgan fingerprint density at radius 1 is 1.35 bits per heavy atom. The topological polar surface area (TPSA) is 49.9 Å². The highest BCUT2D eigenvalue weighted by atomic mass is 32.2. The summed E-state index contributed by atoms with van der Waals surface area (Å²) in [5.74, 6) is 1.96. The molecule has 1 unspecified atom stereocenters. The summed E-state index contributed by atoms with van der Waals surface area (Å²) < 4.78 is 37.5. The fourth-order valence-electron chi connectivity index (χ4n) is 2.79. The van der Waals surface area contributed by atoms with E-state index in [1.165, 1.54) is 0 Å². The number of rotatable bonds is 1. The van der Waals surface area contributed by atoms with Gasteiger partial charge in [-0.05, 0) is 18.3 Å². The van der Waals surface area contributed by atoms with Gasteiger partial charge in [-0.2, -0.15) is 13.2 Å². The Kier molecular flexibility index (Phi) is 2.34. The number of halogens is 3. The quantitative estimate of drug-likeness (QED) is 0.726. The minimum atomic E-state index is -4.58. The Bertz CT molecular complexity index is 424. The normalized spacial score (nSPS) is 34.3. The molecule has 94 valence electrons. The molecule has 2 aliphatic carbocycles. The molecular formula is C10H11F3N2S2. The molecule has 3 rings (SSSR count). The molecule has 1 spiro atoms. The van der Waals surface area contributed by atoms with E-state index in [0.717, 1.165) is 17.9 Å². The number of allylic oxidation sites excluding steroid dienone is 1. The fourth-order valence-corrected chi connectivity index (χ4v) is 6.38. The van der Waals surface area contributed by atoms with Gasteiger partial charge in [-0.3, -0.25) is 5.41 Å². The number of thioether (sulfide) groups is 2. The summed E-state index contributed by atoms with van der Waals surface area (Å²) in [6, 6.07) is 0. The number of fused-ring (bicyclic) bond motifs is 2. The molecule has 2 nitrogen and oxygen atoms in total. The maximum absolute atomic E-state index is 12.6. The molecule has 0 aromatic carbocycles. The van der Waals surface area contributed by atoms with Crippen LogP contribution in [0.2, 0.25) is 0 Å². The minimum Gasteiger partial charge on any atom is -0.400 e. The van der Waals surface area contributed by atoms with Crippen LogP contribution in [0.3, 0.4) is 0 Å². The van der Waals surface area contributed by atoms with Gasteiger partial charge in [-0.15, -0.1) is 23.5 Å². The zero-order valence-electron chi connectivity index (χ0n) is 8.80. The number of nitrogens with one attached hydrogen (secondary N) is 1. The molecule has 0 aromatic rings. The van der Waals surface area contributed by atoms with Crippen molar-refractivity contribution in [1.29, 1.82) is 5.41 Å². The second-order valence-electron chi connectivity index (χ2n) is 4.51. The van der Waals surface area contributed by atoms with Crippen LogP contribution in [0.1, 0.15) is 6.42 Å². The number of alkyl halides is 3. The highest BCUT2D eigenvalue weighted by Gasteiger charge is 2.66. The van der Waals surface area contributed by atoms with Crippen LogP contribution in [0.25, 0.3) is 0 Å². The van der Waals surface area contributed by atoms with Crippen molar-refractivity contribution < 1.29 is 13.2 Å². The molecule has 1 saturated carbocycles. The zero-order chi connectivity index (χ0) is 12.4. The second kappa shape index (κ2) is 3.38. The first-order valence-electron chi connectivity index (χ1n) is 5.32. The zero-order valence-corrected chi connectivity index (χ0v) is 10.4. The van der Waals surface area contributed by atoms with Crippen LogP contribution >= 0.6 is 23.5 Å². The number of hydrogen-bond acceptors (Lipinski definition) is 4. The van der Waals surface area contributed by atoms with Gasteiger partial charge in [-0.25, -0.2) is 0 Å². The summed E-state index contributed by atoms with van der Waals surface area (Å²) in [5.41, 5.74) is 5.09. The predicted octanol–water partition coefficient (Wildman–Crippen LogP) is 2.61. The van der Waals surface area contributed by atoms with E-state index in [-0.39, 0.29) is 21.5 Å². The number of hydrogen-bond donors (Lipinski definition) is 2. The molecule has 2 fully saturated rings. The van der Waals surface area contributed by atoms with Gasteiger partial charge in [0.1, 0.15) is 9.79 Å². The first-order chi connectivity index (χ1) is 7.88. The summed E-state index contributed by atoms with van der Waals surface area (Å²) in [5, 5.41) is 7.29. The summed E-state index contributed by atoms with van der Waals surface area (Å²) in [4.78, 5) is 0. The number of nitrogens with two attached hydrogens (primary N) is 1. The summed E-state index contributed by atoms with van der Waals surface area (Å²) in [7, 11) is 0. The minimum absolute atomic E-state index is 0.0735. The van der Waals surface area contributed by atoms with E-state index in [0.29, 0.717) is 5.70 Å². The van der Waals surface area contributed by atoms with Crippen LogP contribution in [-0.4, -0.2) is 27.5 Å². The van der Waals surface area contributed by atoms with Crippen molar-refractivity contribution in [3.63, 3.8) is 0 Å². The lowest BCUT2D eigenvalue weighted by molar-refractivity contribution is -0.0592. The molecule has 0 amide bonds. The van der Waals surface area contributed by atoms with Gasteiger partial charge in [0.05, 0.1) is 0 Å². The Morgan fingerprint density at radius 2 is 1.94 bits per heavy atom. The maximum atomic E-state index is 12.6. The third-order valence-electron chi connectivity index (χ3n) is 3.58. The van der Waals surface area contributed by atoms with Gasteiger partial charge >= 0.3 is 6.18 Å². The lowest BCUT2D eigenvalue weighted by atomic mass is 10.1. The van der Waals surface area contributed by atoms with E-state index in [4.69, 9.17) is 11.1 Å². The van der Waals surface area contributed by atoms with Gasteiger partial charge < -0.3 is 5.73 Å². The van der Waals surface area contributed by atoms with Crippen molar-refractivity contribution in [2.24, 2.45) is 17.6 Å². The first-order valence-corrected chi connectivity index (χ1v) is 7.29. The first kappa shape index (κ1) is 11.8. The average molecular weight is 280 g/mol. The molecule has 7 heteroatoms. The van der Waals surface area contributed by atoms with Gasteiger partial charge in [0.2, 0.25) is 0 Å². The van der Waals surface area contributed by atoms with Crippen LogP contribution < -0.4 is 5.73 Å². The van der Waals surface area contributed by atoms with Gasteiger partial charge in [0.15, 0.2) is 0 Å². The van der Waals surface area contributed by atoms with Gasteiger partial charge in [-0.1, -0.05) is 0 Å². The van der Waals surface area contributed by atoms with Crippen molar-refractivity contribution in [1.82, 2.24) is 0 Å². The summed E-state index contributed by atoms with van der Waals surface area (Å²) in [6.45, 7) is 0.